The summed E-state index contributed by atoms with van der Waals surface area (Å²) in [7, 11) is -5.78. The van der Waals surface area contributed by atoms with Gasteiger partial charge in [0.25, 0.3) is 10.1 Å². The van der Waals surface area contributed by atoms with Crippen LogP contribution in [-0.2, 0) is 10.1 Å². The second-order valence-corrected chi connectivity index (χ2v) is 13.5. The fourth-order valence-corrected chi connectivity index (χ4v) is 6.57. The number of hydrogen-bond acceptors (Lipinski definition) is 2. The maximum absolute atomic E-state index is 11.9. The lowest BCUT2D eigenvalue weighted by molar-refractivity contribution is 0.437. The van der Waals surface area contributed by atoms with E-state index in [-0.39, 0.29) is 5.54 Å². The SMILES string of the molecule is CCC1=CCC(C(C)[Si](C)(C)C)(S(=O)(=O)O)C=C1. The molecule has 5 heteroatoms. The molecule has 1 rings (SSSR count). The largest absolute Gasteiger partial charge is 0.285 e. The molecule has 0 saturated heterocycles. The smallest absolute Gasteiger partial charge is 0.274 e. The van der Waals surface area contributed by atoms with E-state index in [0.717, 1.165) is 12.0 Å². The van der Waals surface area contributed by atoms with Crippen LogP contribution in [-0.4, -0.2) is 25.8 Å². The average Bonchev–Trinajstić information content (AvgIpc) is 2.25. The summed E-state index contributed by atoms with van der Waals surface area (Å²) in [5.41, 5.74) is 1.10. The lowest BCUT2D eigenvalue weighted by Crippen LogP contribution is -2.49. The lowest BCUT2D eigenvalue weighted by Gasteiger charge is -2.41. The van der Waals surface area contributed by atoms with Crippen molar-refractivity contribution in [3.8, 4) is 0 Å². The van der Waals surface area contributed by atoms with Gasteiger partial charge in [-0.05, 0) is 18.4 Å². The third-order valence-corrected chi connectivity index (χ3v) is 9.12. The molecule has 0 bridgehead atoms. The minimum atomic E-state index is -4.10. The predicted octanol–water partition coefficient (Wildman–Crippen LogP) is 3.64. The highest BCUT2D eigenvalue weighted by atomic mass is 32.2. The molecule has 0 fully saturated rings. The molecule has 1 aliphatic rings. The summed E-state index contributed by atoms with van der Waals surface area (Å²) >= 11 is 0. The van der Waals surface area contributed by atoms with E-state index in [2.05, 4.69) is 19.6 Å². The Kier molecular flexibility index (Phi) is 4.30. The Balaban J connectivity index is 3.27. The second kappa shape index (κ2) is 4.94. The first-order chi connectivity index (χ1) is 8.04. The van der Waals surface area contributed by atoms with Crippen LogP contribution >= 0.6 is 0 Å². The maximum atomic E-state index is 11.9. The highest BCUT2D eigenvalue weighted by Crippen LogP contribution is 2.44. The number of hydrogen-bond donors (Lipinski definition) is 1. The van der Waals surface area contributed by atoms with Crippen molar-refractivity contribution >= 4 is 18.2 Å². The van der Waals surface area contributed by atoms with Crippen LogP contribution in [0.15, 0.2) is 23.8 Å². The van der Waals surface area contributed by atoms with Crippen LogP contribution in [0.4, 0.5) is 0 Å². The van der Waals surface area contributed by atoms with Gasteiger partial charge in [-0.25, -0.2) is 0 Å². The van der Waals surface area contributed by atoms with Crippen molar-refractivity contribution in [2.75, 3.05) is 0 Å². The normalized spacial score (nSPS) is 26.9. The molecule has 0 aromatic heterocycles. The van der Waals surface area contributed by atoms with Gasteiger partial charge in [-0.15, -0.1) is 0 Å². The Hall–Kier alpha value is -0.393. The van der Waals surface area contributed by atoms with Crippen molar-refractivity contribution in [3.05, 3.63) is 23.8 Å². The molecule has 0 saturated carbocycles. The fourth-order valence-electron chi connectivity index (χ4n) is 2.41. The van der Waals surface area contributed by atoms with Gasteiger partial charge in [0.1, 0.15) is 4.75 Å². The quantitative estimate of drug-likeness (QED) is 0.635. The molecule has 1 N–H and O–H groups in total. The summed E-state index contributed by atoms with van der Waals surface area (Å²) in [4.78, 5) is 0. The summed E-state index contributed by atoms with van der Waals surface area (Å²) in [5.74, 6) is 0. The van der Waals surface area contributed by atoms with Crippen molar-refractivity contribution in [2.24, 2.45) is 0 Å². The van der Waals surface area contributed by atoms with Crippen LogP contribution in [0.5, 0.6) is 0 Å². The second-order valence-electron chi connectivity index (χ2n) is 6.19. The van der Waals surface area contributed by atoms with E-state index in [4.69, 9.17) is 0 Å². The molecule has 18 heavy (non-hydrogen) atoms. The van der Waals surface area contributed by atoms with Crippen molar-refractivity contribution < 1.29 is 13.0 Å². The van der Waals surface area contributed by atoms with Crippen LogP contribution in [0.25, 0.3) is 0 Å². The zero-order chi connectivity index (χ0) is 14.2. The van der Waals surface area contributed by atoms with Gasteiger partial charge in [0, 0.05) is 8.07 Å². The van der Waals surface area contributed by atoms with E-state index in [1.54, 1.807) is 6.08 Å². The van der Waals surface area contributed by atoms with Gasteiger partial charge in [-0.2, -0.15) is 8.42 Å². The highest BCUT2D eigenvalue weighted by molar-refractivity contribution is 7.87. The first-order valence-electron chi connectivity index (χ1n) is 6.40. The van der Waals surface area contributed by atoms with Crippen molar-refractivity contribution in [1.82, 2.24) is 0 Å². The van der Waals surface area contributed by atoms with Crippen molar-refractivity contribution in [3.63, 3.8) is 0 Å². The van der Waals surface area contributed by atoms with Gasteiger partial charge in [0.05, 0.1) is 0 Å². The molecule has 0 radical (unpaired) electrons. The Morgan fingerprint density at radius 1 is 1.44 bits per heavy atom. The van der Waals surface area contributed by atoms with Crippen LogP contribution in [0.2, 0.25) is 25.2 Å². The molecule has 0 heterocycles. The van der Waals surface area contributed by atoms with Crippen LogP contribution < -0.4 is 0 Å². The molecule has 0 aromatic rings. The summed E-state index contributed by atoms with van der Waals surface area (Å²) in [6, 6.07) is 0. The van der Waals surface area contributed by atoms with E-state index < -0.39 is 22.9 Å². The van der Waals surface area contributed by atoms with Gasteiger partial charge < -0.3 is 0 Å². The summed E-state index contributed by atoms with van der Waals surface area (Å²) < 4.78 is 32.3. The minimum Gasteiger partial charge on any atom is -0.285 e. The summed E-state index contributed by atoms with van der Waals surface area (Å²) in [6.07, 6.45) is 6.79. The minimum absolute atomic E-state index is 0.0362. The Bertz CT molecular complexity index is 471. The topological polar surface area (TPSA) is 54.4 Å². The van der Waals surface area contributed by atoms with E-state index in [9.17, 15) is 13.0 Å². The van der Waals surface area contributed by atoms with E-state index >= 15 is 0 Å². The zero-order valence-electron chi connectivity index (χ0n) is 11.9. The van der Waals surface area contributed by atoms with E-state index in [1.165, 1.54) is 0 Å². The third kappa shape index (κ3) is 2.78. The van der Waals surface area contributed by atoms with Crippen LogP contribution in [0.3, 0.4) is 0 Å². The molecule has 2 unspecified atom stereocenters. The van der Waals surface area contributed by atoms with Gasteiger partial charge in [0.2, 0.25) is 0 Å². The Labute approximate surface area is 112 Å². The number of allylic oxidation sites excluding steroid dienone is 3. The highest BCUT2D eigenvalue weighted by Gasteiger charge is 2.50. The first-order valence-corrected chi connectivity index (χ1v) is 11.4. The maximum Gasteiger partial charge on any atom is 0.274 e. The monoisotopic (exact) mass is 288 g/mol. The van der Waals surface area contributed by atoms with Gasteiger partial charge >= 0.3 is 0 Å². The molecular weight excluding hydrogens is 264 g/mol. The molecule has 3 nitrogen and oxygen atoms in total. The summed E-state index contributed by atoms with van der Waals surface area (Å²) in [6.45, 7) is 10.4. The molecule has 0 aliphatic heterocycles. The van der Waals surface area contributed by atoms with Crippen molar-refractivity contribution in [2.45, 2.75) is 56.6 Å². The van der Waals surface area contributed by atoms with Crippen molar-refractivity contribution in [1.29, 1.82) is 0 Å². The number of rotatable bonds is 4. The average molecular weight is 288 g/mol. The molecule has 0 amide bonds. The standard InChI is InChI=1S/C13H24O3SSi/c1-6-12-7-9-13(10-8-12,17(14,15)16)11(2)18(3,4)5/h7-9,11H,6,10H2,1-5H3,(H,14,15,16). The zero-order valence-corrected chi connectivity index (χ0v) is 13.7. The van der Waals surface area contributed by atoms with Crippen LogP contribution in [0, 0.1) is 0 Å². The molecule has 104 valence electrons. The molecule has 1 aliphatic carbocycles. The van der Waals surface area contributed by atoms with Gasteiger partial charge in [0.15, 0.2) is 0 Å². The van der Waals surface area contributed by atoms with E-state index in [0.29, 0.717) is 6.42 Å². The predicted molar refractivity (Wildman–Crippen MR) is 79.2 cm³/mol. The molecular formula is C13H24O3SSi. The summed E-state index contributed by atoms with van der Waals surface area (Å²) in [5, 5.41) is 0. The molecule has 2 atom stereocenters. The van der Waals surface area contributed by atoms with Gasteiger partial charge in [-0.1, -0.05) is 57.3 Å². The van der Waals surface area contributed by atoms with Gasteiger partial charge in [-0.3, -0.25) is 4.55 Å². The molecule has 0 aromatic carbocycles. The van der Waals surface area contributed by atoms with Crippen LogP contribution in [0.1, 0.15) is 26.7 Å². The fraction of sp³-hybridized carbons (Fsp3) is 0.692. The Morgan fingerprint density at radius 3 is 2.28 bits per heavy atom. The molecule has 0 spiro atoms. The third-order valence-electron chi connectivity index (χ3n) is 4.18. The Morgan fingerprint density at radius 2 is 2.00 bits per heavy atom. The lowest BCUT2D eigenvalue weighted by atomic mass is 9.92. The first kappa shape index (κ1) is 15.7. The van der Waals surface area contributed by atoms with E-state index in [1.807, 2.05) is 26.0 Å².